The topological polar surface area (TPSA) is 27.0 Å². The summed E-state index contributed by atoms with van der Waals surface area (Å²) in [5.74, 6) is 0.975. The predicted molar refractivity (Wildman–Crippen MR) is 90.7 cm³/mol. The first kappa shape index (κ1) is 15.5. The Hall–Kier alpha value is -1.92. The summed E-state index contributed by atoms with van der Waals surface area (Å²) in [5, 5.41) is 9.55. The Morgan fingerprint density at radius 1 is 1.05 bits per heavy atom. The van der Waals surface area contributed by atoms with Gasteiger partial charge >= 0.3 is 0 Å². The van der Waals surface area contributed by atoms with Gasteiger partial charge in [0.15, 0.2) is 0 Å². The van der Waals surface area contributed by atoms with Gasteiger partial charge in [0, 0.05) is 18.0 Å². The van der Waals surface area contributed by atoms with Gasteiger partial charge in [-0.15, -0.1) is 11.8 Å². The first-order chi connectivity index (χ1) is 10.3. The molecule has 108 valence electrons. The van der Waals surface area contributed by atoms with Crippen LogP contribution in [0, 0.1) is 11.3 Å². The maximum Gasteiger partial charge on any atom is 0.103 e. The minimum Gasteiger partial charge on any atom is -0.366 e. The maximum atomic E-state index is 9.55. The molecule has 0 aliphatic heterocycles. The number of hydrogen-bond acceptors (Lipinski definition) is 3. The molecule has 0 spiro atoms. The van der Waals surface area contributed by atoms with Gasteiger partial charge < -0.3 is 4.90 Å². The Bertz CT molecular complexity index is 617. The molecule has 0 bridgehead atoms. The molecule has 0 atom stereocenters. The monoisotopic (exact) mass is 296 g/mol. The first-order valence-electron chi connectivity index (χ1n) is 7.24. The lowest BCUT2D eigenvalue weighted by molar-refractivity contribution is 0.828. The Morgan fingerprint density at radius 2 is 1.81 bits per heavy atom. The second-order valence-corrected chi connectivity index (χ2v) is 6.00. The van der Waals surface area contributed by atoms with Crippen LogP contribution in [0.2, 0.25) is 0 Å². The molecule has 2 rings (SSSR count). The second-order valence-electron chi connectivity index (χ2n) is 4.69. The standard InChI is InChI=1S/C18H20N2S/c1-3-20(14-15-9-6-5-7-10-15)17-11-8-12-18(21-4-2)16(17)13-19/h5-12H,3-4,14H2,1-2H3. The number of hydrogen-bond donors (Lipinski definition) is 0. The Kier molecular flexibility index (Phi) is 5.71. The fourth-order valence-electron chi connectivity index (χ4n) is 2.34. The van der Waals surface area contributed by atoms with Crippen molar-refractivity contribution in [3.63, 3.8) is 0 Å². The summed E-state index contributed by atoms with van der Waals surface area (Å²) < 4.78 is 0. The number of anilines is 1. The van der Waals surface area contributed by atoms with E-state index in [0.717, 1.165) is 35.0 Å². The zero-order valence-electron chi connectivity index (χ0n) is 12.5. The van der Waals surface area contributed by atoms with Gasteiger partial charge in [-0.1, -0.05) is 43.3 Å². The van der Waals surface area contributed by atoms with E-state index in [0.29, 0.717) is 0 Å². The molecule has 0 N–H and O–H groups in total. The number of benzene rings is 2. The smallest absolute Gasteiger partial charge is 0.103 e. The molecular formula is C18H20N2S. The minimum atomic E-state index is 0.794. The van der Waals surface area contributed by atoms with Gasteiger partial charge in [0.05, 0.1) is 11.3 Å². The van der Waals surface area contributed by atoms with Crippen molar-refractivity contribution in [2.75, 3.05) is 17.2 Å². The van der Waals surface area contributed by atoms with Gasteiger partial charge in [-0.2, -0.15) is 5.26 Å². The van der Waals surface area contributed by atoms with Gasteiger partial charge in [-0.3, -0.25) is 0 Å². The second kappa shape index (κ2) is 7.75. The quantitative estimate of drug-likeness (QED) is 0.723. The zero-order valence-corrected chi connectivity index (χ0v) is 13.4. The van der Waals surface area contributed by atoms with E-state index in [2.05, 4.69) is 49.1 Å². The van der Waals surface area contributed by atoms with Crippen molar-refractivity contribution in [3.8, 4) is 6.07 Å². The fraction of sp³-hybridized carbons (Fsp3) is 0.278. The van der Waals surface area contributed by atoms with Crippen LogP contribution in [-0.4, -0.2) is 12.3 Å². The summed E-state index contributed by atoms with van der Waals surface area (Å²) in [6.45, 7) is 5.94. The van der Waals surface area contributed by atoms with E-state index in [-0.39, 0.29) is 0 Å². The predicted octanol–water partition coefficient (Wildman–Crippen LogP) is 4.70. The average molecular weight is 296 g/mol. The highest BCUT2D eigenvalue weighted by Gasteiger charge is 2.13. The van der Waals surface area contributed by atoms with E-state index < -0.39 is 0 Å². The van der Waals surface area contributed by atoms with Crippen LogP contribution >= 0.6 is 11.8 Å². The average Bonchev–Trinajstić information content (AvgIpc) is 2.54. The molecule has 0 aliphatic rings. The van der Waals surface area contributed by atoms with E-state index in [1.807, 2.05) is 24.3 Å². The van der Waals surface area contributed by atoms with Gasteiger partial charge in [0.2, 0.25) is 0 Å². The highest BCUT2D eigenvalue weighted by molar-refractivity contribution is 7.99. The van der Waals surface area contributed by atoms with E-state index in [1.54, 1.807) is 11.8 Å². The number of nitriles is 1. The van der Waals surface area contributed by atoms with Gasteiger partial charge in [0.25, 0.3) is 0 Å². The maximum absolute atomic E-state index is 9.55. The molecule has 0 aromatic heterocycles. The van der Waals surface area contributed by atoms with E-state index >= 15 is 0 Å². The van der Waals surface area contributed by atoms with Crippen LogP contribution in [0.25, 0.3) is 0 Å². The zero-order chi connectivity index (χ0) is 15.1. The molecule has 3 heteroatoms. The van der Waals surface area contributed by atoms with Crippen molar-refractivity contribution in [2.45, 2.75) is 25.3 Å². The number of nitrogens with zero attached hydrogens (tertiary/aromatic N) is 2. The van der Waals surface area contributed by atoms with Gasteiger partial charge in [0.1, 0.15) is 6.07 Å². The van der Waals surface area contributed by atoms with E-state index in [9.17, 15) is 5.26 Å². The van der Waals surface area contributed by atoms with Crippen LogP contribution in [0.15, 0.2) is 53.4 Å². The van der Waals surface area contributed by atoms with Crippen molar-refractivity contribution >= 4 is 17.4 Å². The molecule has 0 aliphatic carbocycles. The van der Waals surface area contributed by atoms with Crippen molar-refractivity contribution < 1.29 is 0 Å². The highest BCUT2D eigenvalue weighted by Crippen LogP contribution is 2.30. The van der Waals surface area contributed by atoms with Crippen molar-refractivity contribution in [3.05, 3.63) is 59.7 Å². The summed E-state index contributed by atoms with van der Waals surface area (Å²) in [4.78, 5) is 3.33. The summed E-state index contributed by atoms with van der Waals surface area (Å²) in [7, 11) is 0. The lowest BCUT2D eigenvalue weighted by Crippen LogP contribution is -2.23. The molecule has 0 amide bonds. The summed E-state index contributed by atoms with van der Waals surface area (Å²) in [6, 6.07) is 18.9. The van der Waals surface area contributed by atoms with Gasteiger partial charge in [-0.05, 0) is 30.4 Å². The van der Waals surface area contributed by atoms with Crippen LogP contribution in [0.4, 0.5) is 5.69 Å². The molecule has 0 saturated heterocycles. The highest BCUT2D eigenvalue weighted by atomic mass is 32.2. The van der Waals surface area contributed by atoms with Gasteiger partial charge in [-0.25, -0.2) is 0 Å². The third-order valence-corrected chi connectivity index (χ3v) is 4.29. The molecule has 0 fully saturated rings. The van der Waals surface area contributed by atoms with Crippen molar-refractivity contribution in [2.24, 2.45) is 0 Å². The normalized spacial score (nSPS) is 10.1. The Labute approximate surface area is 131 Å². The molecule has 0 radical (unpaired) electrons. The molecule has 2 aromatic carbocycles. The Balaban J connectivity index is 2.34. The molecule has 2 aromatic rings. The van der Waals surface area contributed by atoms with Crippen LogP contribution in [-0.2, 0) is 6.54 Å². The molecule has 0 unspecified atom stereocenters. The lowest BCUT2D eigenvalue weighted by atomic mass is 10.1. The summed E-state index contributed by atoms with van der Waals surface area (Å²) >= 11 is 1.73. The molecule has 0 saturated carbocycles. The van der Waals surface area contributed by atoms with Crippen LogP contribution in [0.5, 0.6) is 0 Å². The van der Waals surface area contributed by atoms with Crippen LogP contribution < -0.4 is 4.90 Å². The molecular weight excluding hydrogens is 276 g/mol. The third-order valence-electron chi connectivity index (χ3n) is 3.35. The largest absolute Gasteiger partial charge is 0.366 e. The SMILES string of the molecule is CCSc1cccc(N(CC)Cc2ccccc2)c1C#N. The third kappa shape index (κ3) is 3.80. The lowest BCUT2D eigenvalue weighted by Gasteiger charge is -2.25. The molecule has 2 nitrogen and oxygen atoms in total. The van der Waals surface area contributed by atoms with Crippen molar-refractivity contribution in [1.82, 2.24) is 0 Å². The van der Waals surface area contributed by atoms with Crippen LogP contribution in [0.3, 0.4) is 0 Å². The van der Waals surface area contributed by atoms with Crippen molar-refractivity contribution in [1.29, 1.82) is 5.26 Å². The van der Waals surface area contributed by atoms with E-state index in [4.69, 9.17) is 0 Å². The first-order valence-corrected chi connectivity index (χ1v) is 8.23. The minimum absolute atomic E-state index is 0.794. The number of rotatable bonds is 6. The summed E-state index contributed by atoms with van der Waals surface area (Å²) in [6.07, 6.45) is 0. The molecule has 21 heavy (non-hydrogen) atoms. The van der Waals surface area contributed by atoms with Crippen LogP contribution in [0.1, 0.15) is 25.0 Å². The number of thioether (sulfide) groups is 1. The molecule has 0 heterocycles. The van der Waals surface area contributed by atoms with E-state index in [1.165, 1.54) is 5.56 Å². The fourth-order valence-corrected chi connectivity index (χ4v) is 3.12. The Morgan fingerprint density at radius 3 is 2.43 bits per heavy atom. The summed E-state index contributed by atoms with van der Waals surface area (Å²) in [5.41, 5.74) is 3.08.